The van der Waals surface area contributed by atoms with Crippen LogP contribution in [0.3, 0.4) is 0 Å². The Bertz CT molecular complexity index is 2430. The highest BCUT2D eigenvalue weighted by molar-refractivity contribution is 6.97. The van der Waals surface area contributed by atoms with Crippen molar-refractivity contribution >= 4 is 56.2 Å². The Hall–Kier alpha value is -5.48. The van der Waals surface area contributed by atoms with Gasteiger partial charge in [-0.3, -0.25) is 4.98 Å². The SMILES string of the molecule is Cc1ccccc1B1c2ccccc2Cc2cc(-c3ccc(-c4c5ncccc5nc5oc6ccccc6c45)cc3)cc(C)c21. The van der Waals surface area contributed by atoms with Crippen molar-refractivity contribution in [2.24, 2.45) is 0 Å². The summed E-state index contributed by atoms with van der Waals surface area (Å²) in [5.74, 6) is 0. The van der Waals surface area contributed by atoms with Crippen molar-refractivity contribution in [2.75, 3.05) is 0 Å². The Kier molecular flexibility index (Phi) is 5.79. The number of aryl methyl sites for hydroxylation is 2. The molecule has 45 heavy (non-hydrogen) atoms. The van der Waals surface area contributed by atoms with Crippen molar-refractivity contribution in [1.82, 2.24) is 9.97 Å². The molecule has 8 aromatic rings. The van der Waals surface area contributed by atoms with E-state index in [0.29, 0.717) is 5.71 Å². The number of para-hydroxylation sites is 1. The first-order chi connectivity index (χ1) is 22.1. The van der Waals surface area contributed by atoms with Crippen molar-refractivity contribution in [1.29, 1.82) is 0 Å². The van der Waals surface area contributed by atoms with E-state index in [9.17, 15) is 0 Å². The third kappa shape index (κ3) is 4.06. The number of rotatable bonds is 3. The molecule has 3 nitrogen and oxygen atoms in total. The molecule has 0 N–H and O–H groups in total. The molecule has 0 amide bonds. The van der Waals surface area contributed by atoms with E-state index >= 15 is 0 Å². The average molecular weight is 577 g/mol. The van der Waals surface area contributed by atoms with Gasteiger partial charge in [0.25, 0.3) is 0 Å². The molecule has 4 heterocycles. The maximum Gasteiger partial charge on any atom is 0.242 e. The summed E-state index contributed by atoms with van der Waals surface area (Å²) >= 11 is 0. The molecule has 0 unspecified atom stereocenters. The van der Waals surface area contributed by atoms with Crippen LogP contribution in [0.15, 0.2) is 132 Å². The highest BCUT2D eigenvalue weighted by Gasteiger charge is 2.32. The number of hydrogen-bond acceptors (Lipinski definition) is 3. The average Bonchev–Trinajstić information content (AvgIpc) is 3.44. The highest BCUT2D eigenvalue weighted by atomic mass is 16.3. The van der Waals surface area contributed by atoms with Crippen LogP contribution in [-0.2, 0) is 6.42 Å². The smallest absolute Gasteiger partial charge is 0.242 e. The standard InChI is InChI=1S/C41H29BN2O/c1-25-10-3-6-13-33(25)42-34-14-7-4-11-29(34)23-31-24-30(22-26(2)39(31)42)27-17-19-28(20-18-27)37-38-32-12-5-8-16-36(32)45-41(38)44-35-15-9-21-43-40(35)37/h3-22,24H,23H2,1-2H3. The first-order valence-electron chi connectivity index (χ1n) is 15.6. The number of hydrogen-bond donors (Lipinski definition) is 0. The van der Waals surface area contributed by atoms with Gasteiger partial charge in [-0.2, -0.15) is 0 Å². The lowest BCUT2D eigenvalue weighted by molar-refractivity contribution is 0.656. The van der Waals surface area contributed by atoms with Gasteiger partial charge < -0.3 is 4.42 Å². The van der Waals surface area contributed by atoms with Gasteiger partial charge in [-0.25, -0.2) is 4.98 Å². The van der Waals surface area contributed by atoms with E-state index in [-0.39, 0.29) is 6.71 Å². The van der Waals surface area contributed by atoms with Crippen LogP contribution in [0.25, 0.3) is 55.4 Å². The fourth-order valence-corrected chi connectivity index (χ4v) is 7.54. The summed E-state index contributed by atoms with van der Waals surface area (Å²) in [5, 5.41) is 2.07. The summed E-state index contributed by atoms with van der Waals surface area (Å²) < 4.78 is 6.22. The fourth-order valence-electron chi connectivity index (χ4n) is 7.54. The third-order valence-corrected chi connectivity index (χ3v) is 9.59. The number of benzene rings is 5. The molecule has 9 rings (SSSR count). The van der Waals surface area contributed by atoms with Gasteiger partial charge in [0.05, 0.1) is 16.4 Å². The minimum absolute atomic E-state index is 0.238. The molecule has 0 saturated heterocycles. The molecule has 0 bridgehead atoms. The van der Waals surface area contributed by atoms with Gasteiger partial charge in [0.1, 0.15) is 5.58 Å². The van der Waals surface area contributed by atoms with Crippen molar-refractivity contribution < 1.29 is 4.42 Å². The molecule has 0 radical (unpaired) electrons. The lowest BCUT2D eigenvalue weighted by Crippen LogP contribution is -2.58. The second-order valence-corrected chi connectivity index (χ2v) is 12.2. The molecular formula is C41H29BN2O. The lowest BCUT2D eigenvalue weighted by Gasteiger charge is -2.30. The molecule has 5 aromatic carbocycles. The largest absolute Gasteiger partial charge is 0.438 e. The second kappa shape index (κ2) is 10.0. The molecule has 3 aromatic heterocycles. The summed E-state index contributed by atoms with van der Waals surface area (Å²) in [6.45, 7) is 4.76. The topological polar surface area (TPSA) is 38.9 Å². The minimum atomic E-state index is 0.238. The molecule has 4 heteroatoms. The number of nitrogens with zero attached hydrogens (tertiary/aromatic N) is 2. The lowest BCUT2D eigenvalue weighted by atomic mass is 9.32. The summed E-state index contributed by atoms with van der Waals surface area (Å²) in [7, 11) is 0. The predicted molar refractivity (Wildman–Crippen MR) is 188 cm³/mol. The quantitative estimate of drug-likeness (QED) is 0.201. The summed E-state index contributed by atoms with van der Waals surface area (Å²) in [5.41, 5.74) is 17.6. The summed E-state index contributed by atoms with van der Waals surface area (Å²) in [6.07, 6.45) is 2.79. The van der Waals surface area contributed by atoms with Crippen LogP contribution in [0.2, 0.25) is 0 Å². The normalized spacial score (nSPS) is 12.5. The molecule has 1 aliphatic rings. The van der Waals surface area contributed by atoms with E-state index in [1.54, 1.807) is 0 Å². The number of aromatic nitrogens is 2. The van der Waals surface area contributed by atoms with Crippen molar-refractivity contribution in [2.45, 2.75) is 20.3 Å². The van der Waals surface area contributed by atoms with Crippen molar-refractivity contribution in [3.8, 4) is 22.3 Å². The fraction of sp³-hybridized carbons (Fsp3) is 0.0732. The minimum Gasteiger partial charge on any atom is -0.438 e. The van der Waals surface area contributed by atoms with E-state index in [4.69, 9.17) is 14.4 Å². The van der Waals surface area contributed by atoms with Gasteiger partial charge in [0, 0.05) is 17.1 Å². The van der Waals surface area contributed by atoms with Crippen LogP contribution in [-0.4, -0.2) is 16.7 Å². The van der Waals surface area contributed by atoms with Crippen LogP contribution >= 0.6 is 0 Å². The Labute approximate surface area is 262 Å². The zero-order valence-electron chi connectivity index (χ0n) is 25.2. The second-order valence-electron chi connectivity index (χ2n) is 12.2. The van der Waals surface area contributed by atoms with E-state index in [0.717, 1.165) is 44.9 Å². The summed E-state index contributed by atoms with van der Waals surface area (Å²) in [6, 6.07) is 43.6. The molecular weight excluding hydrogens is 547 g/mol. The number of pyridine rings is 2. The Morgan fingerprint density at radius 2 is 1.40 bits per heavy atom. The molecule has 0 fully saturated rings. The van der Waals surface area contributed by atoms with Gasteiger partial charge in [-0.15, -0.1) is 0 Å². The zero-order valence-corrected chi connectivity index (χ0v) is 25.2. The number of furan rings is 1. The Morgan fingerprint density at radius 3 is 2.27 bits per heavy atom. The predicted octanol–water partition coefficient (Wildman–Crippen LogP) is 7.90. The van der Waals surface area contributed by atoms with E-state index in [1.807, 2.05) is 36.5 Å². The number of fused-ring (bicyclic) bond motifs is 6. The van der Waals surface area contributed by atoms with E-state index in [1.165, 1.54) is 49.8 Å². The Balaban J connectivity index is 1.18. The monoisotopic (exact) mass is 576 g/mol. The highest BCUT2D eigenvalue weighted by Crippen LogP contribution is 2.40. The Morgan fingerprint density at radius 1 is 0.644 bits per heavy atom. The molecule has 0 spiro atoms. The molecule has 1 aliphatic heterocycles. The zero-order chi connectivity index (χ0) is 30.1. The maximum absolute atomic E-state index is 6.22. The first-order valence-corrected chi connectivity index (χ1v) is 15.6. The van der Waals surface area contributed by atoms with E-state index in [2.05, 4.69) is 105 Å². The van der Waals surface area contributed by atoms with Crippen LogP contribution in [0.1, 0.15) is 22.3 Å². The van der Waals surface area contributed by atoms with Crippen LogP contribution in [0, 0.1) is 13.8 Å². The van der Waals surface area contributed by atoms with Gasteiger partial charge in [0.15, 0.2) is 0 Å². The van der Waals surface area contributed by atoms with Gasteiger partial charge >= 0.3 is 0 Å². The van der Waals surface area contributed by atoms with Crippen LogP contribution < -0.4 is 16.4 Å². The van der Waals surface area contributed by atoms with Crippen molar-refractivity contribution in [3.63, 3.8) is 0 Å². The third-order valence-electron chi connectivity index (χ3n) is 9.59. The van der Waals surface area contributed by atoms with Gasteiger partial charge in [-0.05, 0) is 66.3 Å². The van der Waals surface area contributed by atoms with Crippen LogP contribution in [0.5, 0.6) is 0 Å². The molecule has 0 saturated carbocycles. The van der Waals surface area contributed by atoms with Crippen LogP contribution in [0.4, 0.5) is 0 Å². The summed E-state index contributed by atoms with van der Waals surface area (Å²) in [4.78, 5) is 9.62. The van der Waals surface area contributed by atoms with Gasteiger partial charge in [0.2, 0.25) is 12.4 Å². The molecule has 0 atom stereocenters. The van der Waals surface area contributed by atoms with Crippen molar-refractivity contribution in [3.05, 3.63) is 150 Å². The van der Waals surface area contributed by atoms with Gasteiger partial charge in [-0.1, -0.05) is 131 Å². The molecule has 212 valence electrons. The maximum atomic E-state index is 6.22. The molecule has 0 aliphatic carbocycles. The van der Waals surface area contributed by atoms with E-state index < -0.39 is 0 Å². The first kappa shape index (κ1) is 26.0.